The van der Waals surface area contributed by atoms with Crippen LogP contribution in [-0.2, 0) is 52.3 Å². The number of methoxy groups -OCH3 is 1. The van der Waals surface area contributed by atoms with Crippen LogP contribution in [0.3, 0.4) is 0 Å². The lowest BCUT2D eigenvalue weighted by atomic mass is 10.1. The molecule has 0 aliphatic carbocycles. The van der Waals surface area contributed by atoms with Gasteiger partial charge in [0.25, 0.3) is 5.91 Å². The number of allylic oxidation sites excluding steroid dienone is 4. The van der Waals surface area contributed by atoms with Gasteiger partial charge in [-0.25, -0.2) is 0 Å². The highest BCUT2D eigenvalue weighted by Gasteiger charge is 2.19. The first-order valence-corrected chi connectivity index (χ1v) is 28.3. The van der Waals surface area contributed by atoms with Crippen molar-refractivity contribution in [3.63, 3.8) is 0 Å². The number of esters is 2. The predicted molar refractivity (Wildman–Crippen MR) is 284 cm³/mol. The van der Waals surface area contributed by atoms with Crippen LogP contribution in [0, 0.1) is 0 Å². The third-order valence-corrected chi connectivity index (χ3v) is 11.7. The average molecular weight is 998 g/mol. The van der Waals surface area contributed by atoms with Gasteiger partial charge in [0.05, 0.1) is 65.9 Å². The zero-order chi connectivity index (χ0) is 50.7. The molecular weight excluding hydrogens is 891 g/mol. The summed E-state index contributed by atoms with van der Waals surface area (Å²) in [6.45, 7) is 10.3. The first-order valence-electron chi connectivity index (χ1n) is 28.3. The van der Waals surface area contributed by atoms with E-state index in [4.69, 9.17) is 37.9 Å². The lowest BCUT2D eigenvalue weighted by Gasteiger charge is -2.18. The second kappa shape index (κ2) is 59.1. The van der Waals surface area contributed by atoms with Crippen LogP contribution in [-0.4, -0.2) is 143 Å². The summed E-state index contributed by atoms with van der Waals surface area (Å²) in [4.78, 5) is 36.6. The quantitative estimate of drug-likeness (QED) is 0.0300. The molecule has 0 saturated heterocycles. The average Bonchev–Trinajstić information content (AvgIpc) is 3.36. The maximum absolute atomic E-state index is 13.1. The van der Waals surface area contributed by atoms with Gasteiger partial charge in [-0.2, -0.15) is 0 Å². The van der Waals surface area contributed by atoms with E-state index >= 15 is 0 Å². The molecule has 1 unspecified atom stereocenters. The third-order valence-electron chi connectivity index (χ3n) is 11.7. The van der Waals surface area contributed by atoms with Crippen LogP contribution in [0.2, 0.25) is 0 Å². The number of carbonyl (C=O) groups excluding carboxylic acids is 3. The number of rotatable bonds is 58. The van der Waals surface area contributed by atoms with Gasteiger partial charge < -0.3 is 53.8 Å². The van der Waals surface area contributed by atoms with E-state index in [-0.39, 0.29) is 51.4 Å². The van der Waals surface area contributed by atoms with Crippen LogP contribution < -0.4 is 16.0 Å². The van der Waals surface area contributed by atoms with Crippen molar-refractivity contribution in [3.05, 3.63) is 24.3 Å². The normalized spacial score (nSPS) is 12.1. The maximum atomic E-state index is 13.1. The van der Waals surface area contributed by atoms with Crippen molar-refractivity contribution in [2.45, 2.75) is 200 Å². The molecule has 0 radical (unpaired) electrons. The van der Waals surface area contributed by atoms with E-state index in [1.807, 2.05) is 0 Å². The number of carbonyl (C=O) groups is 3. The summed E-state index contributed by atoms with van der Waals surface area (Å²) in [5.74, 6) is -0.944. The van der Waals surface area contributed by atoms with Crippen LogP contribution >= 0.6 is 0 Å². The van der Waals surface area contributed by atoms with Crippen molar-refractivity contribution >= 4 is 17.8 Å². The Morgan fingerprint density at radius 2 is 0.800 bits per heavy atom. The van der Waals surface area contributed by atoms with E-state index in [1.54, 1.807) is 7.11 Å². The summed E-state index contributed by atoms with van der Waals surface area (Å²) in [7, 11) is 1.59. The highest BCUT2D eigenvalue weighted by Crippen LogP contribution is 2.12. The van der Waals surface area contributed by atoms with Crippen LogP contribution in [0.4, 0.5) is 0 Å². The fraction of sp³-hybridized carbons (Fsp3) is 0.875. The molecule has 0 aliphatic rings. The van der Waals surface area contributed by atoms with Crippen LogP contribution in [0.5, 0.6) is 0 Å². The summed E-state index contributed by atoms with van der Waals surface area (Å²) in [5, 5.41) is 8.74. The van der Waals surface area contributed by atoms with Gasteiger partial charge in [0.2, 0.25) is 0 Å². The number of hydrogen-bond acceptors (Lipinski definition) is 13. The molecule has 14 heteroatoms. The summed E-state index contributed by atoms with van der Waals surface area (Å²) in [6.07, 6.45) is 44.2. The Labute approximate surface area is 427 Å². The second-order valence-corrected chi connectivity index (χ2v) is 18.2. The largest absolute Gasteiger partial charge is 0.463 e. The van der Waals surface area contributed by atoms with E-state index in [2.05, 4.69) is 54.1 Å². The van der Waals surface area contributed by atoms with Crippen molar-refractivity contribution in [1.82, 2.24) is 16.0 Å². The van der Waals surface area contributed by atoms with Gasteiger partial charge in [-0.05, 0) is 64.2 Å². The summed E-state index contributed by atoms with van der Waals surface area (Å²) < 4.78 is 43.9. The zero-order valence-corrected chi connectivity index (χ0v) is 45.2. The van der Waals surface area contributed by atoms with E-state index in [1.165, 1.54) is 154 Å². The highest BCUT2D eigenvalue weighted by atomic mass is 16.6. The molecule has 1 amide bonds. The molecule has 0 fully saturated rings. The molecule has 0 aromatic carbocycles. The number of ether oxygens (including phenoxy) is 8. The molecule has 0 bridgehead atoms. The van der Waals surface area contributed by atoms with E-state index in [0.29, 0.717) is 72.5 Å². The summed E-state index contributed by atoms with van der Waals surface area (Å²) >= 11 is 0. The molecule has 412 valence electrons. The molecular formula is C56H107N3O11. The van der Waals surface area contributed by atoms with Crippen molar-refractivity contribution in [3.8, 4) is 0 Å². The van der Waals surface area contributed by atoms with E-state index in [9.17, 15) is 14.4 Å². The molecule has 3 N–H and O–H groups in total. The number of nitrogens with one attached hydrogen (secondary N) is 3. The Morgan fingerprint density at radius 1 is 0.400 bits per heavy atom. The topological polar surface area (TPSA) is 161 Å². The highest BCUT2D eigenvalue weighted by molar-refractivity contribution is 5.80. The van der Waals surface area contributed by atoms with Gasteiger partial charge in [0, 0.05) is 40.0 Å². The molecule has 0 heterocycles. The smallest absolute Gasteiger partial charge is 0.320 e. The molecule has 0 spiro atoms. The fourth-order valence-electron chi connectivity index (χ4n) is 7.43. The molecule has 0 aromatic heterocycles. The van der Waals surface area contributed by atoms with E-state index < -0.39 is 12.1 Å². The first kappa shape index (κ1) is 67.6. The maximum Gasteiger partial charge on any atom is 0.320 e. The Kier molecular flexibility index (Phi) is 57.1. The lowest BCUT2D eigenvalue weighted by Crippen LogP contribution is -2.41. The minimum Gasteiger partial charge on any atom is -0.463 e. The number of hydrogen-bond donors (Lipinski definition) is 3. The Bertz CT molecular complexity index is 1160. The standard InChI is InChI=1S/C56H107N3O11/c1-4-6-8-10-12-14-16-18-20-22-24-26-28-30-32-34-39-67-52-53(68-40-35-33-31-29-27-25-23-21-19-17-15-13-11-9-7-5-2)56(62)59-38-42-64-44-45-65-46-47-66-48-49-70-55(61)51-58-37-43-69-54(60)50-57-36-41-63-3/h18-21,53,57-58H,4-17,22-52H2,1-3H3,(H,59,62)/b20-18-,21-19-. The molecule has 70 heavy (non-hydrogen) atoms. The summed E-state index contributed by atoms with van der Waals surface area (Å²) in [5.41, 5.74) is 0. The molecule has 0 rings (SSSR count). The number of amides is 1. The Hall–Kier alpha value is -2.43. The molecule has 0 saturated carbocycles. The van der Waals surface area contributed by atoms with Gasteiger partial charge in [0.15, 0.2) is 6.10 Å². The van der Waals surface area contributed by atoms with Crippen LogP contribution in [0.25, 0.3) is 0 Å². The Balaban J connectivity index is 4.16. The van der Waals surface area contributed by atoms with Gasteiger partial charge in [-0.15, -0.1) is 0 Å². The minimum absolute atomic E-state index is 0.00979. The third kappa shape index (κ3) is 54.9. The van der Waals surface area contributed by atoms with Crippen molar-refractivity contribution in [2.75, 3.05) is 119 Å². The van der Waals surface area contributed by atoms with Crippen molar-refractivity contribution in [1.29, 1.82) is 0 Å². The molecule has 0 aromatic rings. The van der Waals surface area contributed by atoms with Crippen LogP contribution in [0.15, 0.2) is 24.3 Å². The molecule has 14 nitrogen and oxygen atoms in total. The Morgan fingerprint density at radius 3 is 1.29 bits per heavy atom. The van der Waals surface area contributed by atoms with Crippen molar-refractivity contribution < 1.29 is 52.3 Å². The SMILES string of the molecule is CCCCCCCC/C=C\CCCCCCCCOCC(OCCCCCCCC/C=C\CCCCCCCC)C(=O)NCCOCCOCCOCCOC(=O)CNCCOC(=O)CNCCOC. The first-order chi connectivity index (χ1) is 34.5. The minimum atomic E-state index is -0.636. The monoisotopic (exact) mass is 998 g/mol. The second-order valence-electron chi connectivity index (χ2n) is 18.2. The molecule has 1 atom stereocenters. The predicted octanol–water partition coefficient (Wildman–Crippen LogP) is 10.5. The number of unbranched alkanes of at least 4 members (excludes halogenated alkanes) is 24. The van der Waals surface area contributed by atoms with E-state index in [0.717, 1.165) is 25.7 Å². The molecule has 0 aliphatic heterocycles. The van der Waals surface area contributed by atoms with Crippen molar-refractivity contribution in [2.24, 2.45) is 0 Å². The van der Waals surface area contributed by atoms with Gasteiger partial charge >= 0.3 is 11.9 Å². The fourth-order valence-corrected chi connectivity index (χ4v) is 7.43. The summed E-state index contributed by atoms with van der Waals surface area (Å²) in [6, 6.07) is 0. The van der Waals surface area contributed by atoms with Gasteiger partial charge in [-0.1, -0.05) is 154 Å². The zero-order valence-electron chi connectivity index (χ0n) is 45.2. The van der Waals surface area contributed by atoms with Crippen LogP contribution in [0.1, 0.15) is 194 Å². The van der Waals surface area contributed by atoms with Gasteiger partial charge in [-0.3, -0.25) is 14.4 Å². The van der Waals surface area contributed by atoms with Gasteiger partial charge in [0.1, 0.15) is 13.2 Å². The lowest BCUT2D eigenvalue weighted by molar-refractivity contribution is -0.144.